The van der Waals surface area contributed by atoms with Gasteiger partial charge in [0.2, 0.25) is 0 Å². The molecule has 2 aliphatic heterocycles. The molecule has 0 bridgehead atoms. The number of piperidine rings is 2. The van der Waals surface area contributed by atoms with Crippen molar-refractivity contribution in [2.75, 3.05) is 38.3 Å². The lowest BCUT2D eigenvalue weighted by Crippen LogP contribution is -2.54. The van der Waals surface area contributed by atoms with Gasteiger partial charge in [0.15, 0.2) is 0 Å². The van der Waals surface area contributed by atoms with Crippen molar-refractivity contribution in [3.8, 4) is 0 Å². The summed E-state index contributed by atoms with van der Waals surface area (Å²) in [4.78, 5) is 18.4. The minimum atomic E-state index is 0.0537. The zero-order valence-corrected chi connectivity index (χ0v) is 15.2. The third-order valence-electron chi connectivity index (χ3n) is 5.38. The Balaban J connectivity index is 1.65. The number of benzene rings is 1. The molecule has 2 atom stereocenters. The normalized spacial score (nSPS) is 25.1. The first-order valence-corrected chi connectivity index (χ1v) is 9.72. The lowest BCUT2D eigenvalue weighted by atomic mass is 9.84. The van der Waals surface area contributed by atoms with Gasteiger partial charge in [-0.1, -0.05) is 6.07 Å². The van der Waals surface area contributed by atoms with E-state index in [4.69, 9.17) is 0 Å². The molecule has 1 aromatic carbocycles. The lowest BCUT2D eigenvalue weighted by molar-refractivity contribution is 0.0542. The van der Waals surface area contributed by atoms with Gasteiger partial charge >= 0.3 is 6.03 Å². The largest absolute Gasteiger partial charge is 0.324 e. The summed E-state index contributed by atoms with van der Waals surface area (Å²) < 4.78 is 0. The summed E-state index contributed by atoms with van der Waals surface area (Å²) in [7, 11) is 2.23. The van der Waals surface area contributed by atoms with Crippen molar-refractivity contribution in [2.45, 2.75) is 37.1 Å². The first-order chi connectivity index (χ1) is 11.1. The van der Waals surface area contributed by atoms with E-state index in [0.717, 1.165) is 30.8 Å². The molecule has 2 aliphatic rings. The van der Waals surface area contributed by atoms with Crippen LogP contribution in [0.5, 0.6) is 0 Å². The number of nitrogens with one attached hydrogen (secondary N) is 1. The van der Waals surface area contributed by atoms with Crippen molar-refractivity contribution in [3.63, 3.8) is 0 Å². The van der Waals surface area contributed by atoms with Gasteiger partial charge in [-0.25, -0.2) is 4.79 Å². The van der Waals surface area contributed by atoms with E-state index in [-0.39, 0.29) is 6.03 Å². The fourth-order valence-electron chi connectivity index (χ4n) is 4.00. The molecule has 0 spiro atoms. The summed E-state index contributed by atoms with van der Waals surface area (Å²) in [6.45, 7) is 5.03. The van der Waals surface area contributed by atoms with Crippen LogP contribution in [0.25, 0.3) is 0 Å². The van der Waals surface area contributed by atoms with Crippen molar-refractivity contribution in [1.82, 2.24) is 9.80 Å². The summed E-state index contributed by atoms with van der Waals surface area (Å²) in [5, 5.41) is 3.12. The van der Waals surface area contributed by atoms with Gasteiger partial charge in [-0.3, -0.25) is 0 Å². The summed E-state index contributed by atoms with van der Waals surface area (Å²) in [6, 6.07) is 6.82. The molecule has 3 rings (SSSR count). The molecule has 0 radical (unpaired) electrons. The van der Waals surface area contributed by atoms with E-state index in [1.807, 2.05) is 17.0 Å². The van der Waals surface area contributed by atoms with Crippen LogP contribution in [0.4, 0.5) is 10.5 Å². The van der Waals surface area contributed by atoms with Gasteiger partial charge in [0.25, 0.3) is 0 Å². The quantitative estimate of drug-likeness (QED) is 0.839. The standard InChI is InChI=1S/C18H27N3OS/c1-13-15(7-4-8-17(13)23-3)19-18(22)21-11-9-16-14(12-21)6-5-10-20(16)2/h4,7-8,14,16H,5-6,9-12H2,1-3H3,(H,19,22)/t14-,16+/m1/s1. The molecule has 0 aliphatic carbocycles. The zero-order chi connectivity index (χ0) is 16.4. The number of fused-ring (bicyclic) bond motifs is 1. The summed E-state index contributed by atoms with van der Waals surface area (Å²) >= 11 is 1.72. The number of amides is 2. The van der Waals surface area contributed by atoms with Crippen molar-refractivity contribution >= 4 is 23.5 Å². The van der Waals surface area contributed by atoms with Gasteiger partial charge < -0.3 is 15.1 Å². The van der Waals surface area contributed by atoms with Crippen LogP contribution in [0.1, 0.15) is 24.8 Å². The molecule has 5 heteroatoms. The van der Waals surface area contributed by atoms with Crippen LogP contribution in [-0.2, 0) is 0 Å². The Labute approximate surface area is 143 Å². The molecule has 0 unspecified atom stereocenters. The first-order valence-electron chi connectivity index (χ1n) is 8.50. The molecular formula is C18H27N3OS. The minimum Gasteiger partial charge on any atom is -0.324 e. The molecule has 2 amide bonds. The third-order valence-corrected chi connectivity index (χ3v) is 6.26. The molecule has 1 N–H and O–H groups in total. The molecule has 1 aromatic rings. The maximum atomic E-state index is 12.7. The molecular weight excluding hydrogens is 306 g/mol. The summed E-state index contributed by atoms with van der Waals surface area (Å²) in [5.74, 6) is 0.631. The Morgan fingerprint density at radius 3 is 2.91 bits per heavy atom. The maximum Gasteiger partial charge on any atom is 0.321 e. The van der Waals surface area contributed by atoms with Crippen LogP contribution in [0.3, 0.4) is 0 Å². The fraction of sp³-hybridized carbons (Fsp3) is 0.611. The van der Waals surface area contributed by atoms with E-state index in [9.17, 15) is 4.79 Å². The highest BCUT2D eigenvalue weighted by Gasteiger charge is 2.35. The second-order valence-electron chi connectivity index (χ2n) is 6.75. The molecule has 4 nitrogen and oxygen atoms in total. The van der Waals surface area contributed by atoms with Gasteiger partial charge in [-0.2, -0.15) is 0 Å². The topological polar surface area (TPSA) is 35.6 Å². The average Bonchev–Trinajstić information content (AvgIpc) is 2.56. The van der Waals surface area contributed by atoms with Crippen LogP contribution in [0, 0.1) is 12.8 Å². The Hall–Kier alpha value is -1.20. The Kier molecular flexibility index (Phi) is 5.17. The van der Waals surface area contributed by atoms with Crippen LogP contribution in [0.15, 0.2) is 23.1 Å². The molecule has 0 aromatic heterocycles. The van der Waals surface area contributed by atoms with Crippen LogP contribution >= 0.6 is 11.8 Å². The van der Waals surface area contributed by atoms with E-state index in [0.29, 0.717) is 12.0 Å². The Bertz CT molecular complexity index is 577. The number of carbonyl (C=O) groups is 1. The van der Waals surface area contributed by atoms with Gasteiger partial charge in [-0.15, -0.1) is 11.8 Å². The highest BCUT2D eigenvalue weighted by atomic mass is 32.2. The van der Waals surface area contributed by atoms with E-state index < -0.39 is 0 Å². The monoisotopic (exact) mass is 333 g/mol. The van der Waals surface area contributed by atoms with E-state index >= 15 is 0 Å². The number of hydrogen-bond acceptors (Lipinski definition) is 3. The van der Waals surface area contributed by atoms with Gasteiger partial charge in [-0.05, 0) is 69.6 Å². The summed E-state index contributed by atoms with van der Waals surface area (Å²) in [5.41, 5.74) is 2.09. The molecule has 2 heterocycles. The maximum absolute atomic E-state index is 12.7. The number of hydrogen-bond donors (Lipinski definition) is 1. The average molecular weight is 334 g/mol. The number of anilines is 1. The summed E-state index contributed by atoms with van der Waals surface area (Å²) in [6.07, 6.45) is 5.67. The van der Waals surface area contributed by atoms with Gasteiger partial charge in [0.05, 0.1) is 0 Å². The predicted molar refractivity (Wildman–Crippen MR) is 97.3 cm³/mol. The van der Waals surface area contributed by atoms with Crippen molar-refractivity contribution in [3.05, 3.63) is 23.8 Å². The SMILES string of the molecule is CSc1cccc(NC(=O)N2CC[C@H]3[C@H](CCCN3C)C2)c1C. The number of thioether (sulfide) groups is 1. The van der Waals surface area contributed by atoms with Crippen LogP contribution in [-0.4, -0.2) is 54.8 Å². The van der Waals surface area contributed by atoms with Crippen molar-refractivity contribution < 1.29 is 4.79 Å². The van der Waals surface area contributed by atoms with Crippen LogP contribution < -0.4 is 5.32 Å². The minimum absolute atomic E-state index is 0.0537. The molecule has 2 fully saturated rings. The number of carbonyl (C=O) groups excluding carboxylic acids is 1. The molecule has 23 heavy (non-hydrogen) atoms. The smallest absolute Gasteiger partial charge is 0.321 e. The Morgan fingerprint density at radius 1 is 1.30 bits per heavy atom. The fourth-order valence-corrected chi connectivity index (χ4v) is 4.63. The zero-order valence-electron chi connectivity index (χ0n) is 14.3. The number of likely N-dealkylation sites (tertiary alicyclic amines) is 2. The van der Waals surface area contributed by atoms with E-state index in [1.165, 1.54) is 24.3 Å². The number of nitrogens with zero attached hydrogens (tertiary/aromatic N) is 2. The molecule has 0 saturated carbocycles. The lowest BCUT2D eigenvalue weighted by Gasteiger charge is -2.45. The third kappa shape index (κ3) is 3.50. The highest BCUT2D eigenvalue weighted by molar-refractivity contribution is 7.98. The van der Waals surface area contributed by atoms with Gasteiger partial charge in [0.1, 0.15) is 0 Å². The van der Waals surface area contributed by atoms with Gasteiger partial charge in [0, 0.05) is 29.7 Å². The predicted octanol–water partition coefficient (Wildman–Crippen LogP) is 3.66. The van der Waals surface area contributed by atoms with Crippen molar-refractivity contribution in [2.24, 2.45) is 5.92 Å². The van der Waals surface area contributed by atoms with E-state index in [1.54, 1.807) is 11.8 Å². The van der Waals surface area contributed by atoms with Crippen molar-refractivity contribution in [1.29, 1.82) is 0 Å². The second kappa shape index (κ2) is 7.14. The number of rotatable bonds is 2. The first kappa shape index (κ1) is 16.7. The van der Waals surface area contributed by atoms with Crippen LogP contribution in [0.2, 0.25) is 0 Å². The highest BCUT2D eigenvalue weighted by Crippen LogP contribution is 2.30. The number of urea groups is 1. The Morgan fingerprint density at radius 2 is 2.13 bits per heavy atom. The molecule has 126 valence electrons. The van der Waals surface area contributed by atoms with E-state index in [2.05, 4.69) is 36.5 Å². The molecule has 2 saturated heterocycles. The second-order valence-corrected chi connectivity index (χ2v) is 7.60.